The minimum atomic E-state index is -1.27. The van der Waals surface area contributed by atoms with Crippen LogP contribution >= 0.6 is 0 Å². The molecular formula is C10H16O3. The first-order chi connectivity index (χ1) is 6.06. The lowest BCUT2D eigenvalue weighted by Crippen LogP contribution is -2.08. The number of hydrogen-bond donors (Lipinski definition) is 2. The molecule has 13 heavy (non-hydrogen) atoms. The van der Waals surface area contributed by atoms with E-state index in [2.05, 4.69) is 0 Å². The second-order valence-corrected chi connectivity index (χ2v) is 3.11. The van der Waals surface area contributed by atoms with Crippen molar-refractivity contribution >= 4 is 6.29 Å². The van der Waals surface area contributed by atoms with Gasteiger partial charge in [0.05, 0.1) is 0 Å². The first kappa shape index (κ1) is 12.1. The molecule has 3 nitrogen and oxygen atoms in total. The third-order valence-electron chi connectivity index (χ3n) is 1.57. The SMILES string of the molecule is C/C(C=O)=C\C=CC(C)CC(O)O. The largest absolute Gasteiger partial charge is 0.368 e. The standard InChI is InChI=1S/C10H16O3/c1-8(6-10(12)13)4-3-5-9(2)7-11/h3-5,7-8,10,12-13H,6H2,1-2H3/b4-3?,9-5+. The van der Waals surface area contributed by atoms with Gasteiger partial charge >= 0.3 is 0 Å². The zero-order valence-electron chi connectivity index (χ0n) is 7.97. The summed E-state index contributed by atoms with van der Waals surface area (Å²) in [6.07, 6.45) is 5.08. The van der Waals surface area contributed by atoms with Gasteiger partial charge in [0.15, 0.2) is 6.29 Å². The van der Waals surface area contributed by atoms with Crippen LogP contribution in [0.1, 0.15) is 20.3 Å². The fourth-order valence-corrected chi connectivity index (χ4v) is 0.847. The van der Waals surface area contributed by atoms with E-state index in [9.17, 15) is 4.79 Å². The first-order valence-corrected chi connectivity index (χ1v) is 4.22. The van der Waals surface area contributed by atoms with E-state index < -0.39 is 6.29 Å². The zero-order valence-corrected chi connectivity index (χ0v) is 7.97. The van der Waals surface area contributed by atoms with E-state index in [0.29, 0.717) is 12.0 Å². The molecule has 0 saturated carbocycles. The van der Waals surface area contributed by atoms with Gasteiger partial charge in [0.1, 0.15) is 6.29 Å². The van der Waals surface area contributed by atoms with Crippen molar-refractivity contribution in [3.8, 4) is 0 Å². The Morgan fingerprint density at radius 1 is 1.46 bits per heavy atom. The molecule has 0 aliphatic rings. The van der Waals surface area contributed by atoms with Crippen molar-refractivity contribution in [2.45, 2.75) is 26.6 Å². The van der Waals surface area contributed by atoms with Gasteiger partial charge in [-0.3, -0.25) is 4.79 Å². The molecule has 0 aliphatic carbocycles. The maximum atomic E-state index is 10.2. The Morgan fingerprint density at radius 2 is 2.08 bits per heavy atom. The van der Waals surface area contributed by atoms with Gasteiger partial charge < -0.3 is 10.2 Å². The monoisotopic (exact) mass is 184 g/mol. The van der Waals surface area contributed by atoms with Crippen molar-refractivity contribution in [3.05, 3.63) is 23.8 Å². The summed E-state index contributed by atoms with van der Waals surface area (Å²) < 4.78 is 0. The van der Waals surface area contributed by atoms with Gasteiger partial charge in [-0.05, 0) is 18.4 Å². The summed E-state index contributed by atoms with van der Waals surface area (Å²) in [6, 6.07) is 0. The minimum absolute atomic E-state index is 0.0932. The van der Waals surface area contributed by atoms with E-state index in [4.69, 9.17) is 10.2 Å². The summed E-state index contributed by atoms with van der Waals surface area (Å²) in [4.78, 5) is 10.2. The highest BCUT2D eigenvalue weighted by Crippen LogP contribution is 2.06. The molecule has 0 rings (SSSR count). The van der Waals surface area contributed by atoms with Crippen LogP contribution in [-0.4, -0.2) is 22.8 Å². The van der Waals surface area contributed by atoms with Gasteiger partial charge in [0.2, 0.25) is 0 Å². The highest BCUT2D eigenvalue weighted by Gasteiger charge is 2.02. The fraction of sp³-hybridized carbons (Fsp3) is 0.500. The number of allylic oxidation sites excluding steroid dienone is 4. The fourth-order valence-electron chi connectivity index (χ4n) is 0.847. The van der Waals surface area contributed by atoms with Crippen LogP contribution in [0.2, 0.25) is 0 Å². The van der Waals surface area contributed by atoms with E-state index in [1.54, 1.807) is 19.1 Å². The average molecular weight is 184 g/mol. The number of carbonyl (C=O) groups excluding carboxylic acids is 1. The van der Waals surface area contributed by atoms with Gasteiger partial charge in [-0.25, -0.2) is 0 Å². The quantitative estimate of drug-likeness (QED) is 0.290. The van der Waals surface area contributed by atoms with E-state index in [-0.39, 0.29) is 5.92 Å². The molecule has 1 atom stereocenters. The van der Waals surface area contributed by atoms with Crippen LogP contribution in [0.4, 0.5) is 0 Å². The minimum Gasteiger partial charge on any atom is -0.368 e. The molecule has 1 unspecified atom stereocenters. The zero-order chi connectivity index (χ0) is 10.3. The van der Waals surface area contributed by atoms with E-state index >= 15 is 0 Å². The number of carbonyl (C=O) groups is 1. The molecule has 3 heteroatoms. The lowest BCUT2D eigenvalue weighted by Gasteiger charge is -2.06. The molecule has 0 heterocycles. The third-order valence-corrected chi connectivity index (χ3v) is 1.57. The summed E-state index contributed by atoms with van der Waals surface area (Å²) in [7, 11) is 0. The normalized spacial score (nSPS) is 15.3. The van der Waals surface area contributed by atoms with E-state index in [0.717, 1.165) is 6.29 Å². The van der Waals surface area contributed by atoms with E-state index in [1.807, 2.05) is 13.0 Å². The molecular weight excluding hydrogens is 168 g/mol. The smallest absolute Gasteiger partial charge is 0.151 e. The van der Waals surface area contributed by atoms with Crippen molar-refractivity contribution in [1.82, 2.24) is 0 Å². The predicted molar refractivity (Wildman–Crippen MR) is 51.0 cm³/mol. The van der Waals surface area contributed by atoms with Crippen LogP contribution in [0, 0.1) is 5.92 Å². The number of aldehydes is 1. The summed E-state index contributed by atoms with van der Waals surface area (Å²) in [6.45, 7) is 3.59. The summed E-state index contributed by atoms with van der Waals surface area (Å²) in [5, 5.41) is 17.3. The number of rotatable bonds is 5. The van der Waals surface area contributed by atoms with Gasteiger partial charge in [-0.1, -0.05) is 25.2 Å². The van der Waals surface area contributed by atoms with Crippen molar-refractivity contribution in [3.63, 3.8) is 0 Å². The maximum absolute atomic E-state index is 10.2. The molecule has 0 radical (unpaired) electrons. The summed E-state index contributed by atoms with van der Waals surface area (Å²) in [5.41, 5.74) is 0.646. The van der Waals surface area contributed by atoms with Crippen LogP contribution in [0.15, 0.2) is 23.8 Å². The number of hydrogen-bond acceptors (Lipinski definition) is 3. The number of aliphatic hydroxyl groups excluding tert-OH is 1. The van der Waals surface area contributed by atoms with Crippen LogP contribution < -0.4 is 0 Å². The Kier molecular flexibility index (Phi) is 6.10. The molecule has 0 fully saturated rings. The van der Waals surface area contributed by atoms with Gasteiger partial charge in [0.25, 0.3) is 0 Å². The second kappa shape index (κ2) is 6.57. The average Bonchev–Trinajstić information content (AvgIpc) is 2.02. The molecule has 0 aliphatic heterocycles. The lowest BCUT2D eigenvalue weighted by molar-refractivity contribution is -0.104. The Balaban J connectivity index is 3.90. The second-order valence-electron chi connectivity index (χ2n) is 3.11. The molecule has 0 amide bonds. The van der Waals surface area contributed by atoms with Gasteiger partial charge in [-0.15, -0.1) is 0 Å². The topological polar surface area (TPSA) is 57.5 Å². The highest BCUT2D eigenvalue weighted by atomic mass is 16.5. The molecule has 0 aromatic carbocycles. The van der Waals surface area contributed by atoms with Crippen molar-refractivity contribution in [1.29, 1.82) is 0 Å². The molecule has 0 aromatic heterocycles. The van der Waals surface area contributed by atoms with Crippen molar-refractivity contribution < 1.29 is 15.0 Å². The first-order valence-electron chi connectivity index (χ1n) is 4.22. The lowest BCUT2D eigenvalue weighted by atomic mass is 10.1. The van der Waals surface area contributed by atoms with Crippen molar-refractivity contribution in [2.75, 3.05) is 0 Å². The van der Waals surface area contributed by atoms with Crippen LogP contribution in [-0.2, 0) is 4.79 Å². The van der Waals surface area contributed by atoms with Crippen molar-refractivity contribution in [2.24, 2.45) is 5.92 Å². The highest BCUT2D eigenvalue weighted by molar-refractivity contribution is 5.72. The number of aliphatic hydroxyl groups is 2. The van der Waals surface area contributed by atoms with Gasteiger partial charge in [0, 0.05) is 6.42 Å². The van der Waals surface area contributed by atoms with Crippen LogP contribution in [0.5, 0.6) is 0 Å². The summed E-state index contributed by atoms with van der Waals surface area (Å²) >= 11 is 0. The maximum Gasteiger partial charge on any atom is 0.151 e. The molecule has 0 spiro atoms. The third kappa shape index (κ3) is 7.43. The van der Waals surface area contributed by atoms with E-state index in [1.165, 1.54) is 0 Å². The molecule has 0 aromatic rings. The van der Waals surface area contributed by atoms with Crippen LogP contribution in [0.25, 0.3) is 0 Å². The predicted octanol–water partition coefficient (Wildman–Crippen LogP) is 1.02. The molecule has 74 valence electrons. The Morgan fingerprint density at radius 3 is 2.54 bits per heavy atom. The van der Waals surface area contributed by atoms with Crippen LogP contribution in [0.3, 0.4) is 0 Å². The van der Waals surface area contributed by atoms with Gasteiger partial charge in [-0.2, -0.15) is 0 Å². The Bertz CT molecular complexity index is 204. The molecule has 2 N–H and O–H groups in total. The Hall–Kier alpha value is -0.930. The summed E-state index contributed by atoms with van der Waals surface area (Å²) in [5.74, 6) is 0.0932. The Labute approximate surface area is 78.4 Å². The molecule has 0 saturated heterocycles. The molecule has 0 bridgehead atoms.